The summed E-state index contributed by atoms with van der Waals surface area (Å²) in [6.07, 6.45) is 1.79. The lowest BCUT2D eigenvalue weighted by atomic mass is 10.2. The zero-order chi connectivity index (χ0) is 22.7. The number of halogens is 4. The summed E-state index contributed by atoms with van der Waals surface area (Å²) < 4.78 is 28.1. The van der Waals surface area contributed by atoms with Gasteiger partial charge in [-0.15, -0.1) is 0 Å². The van der Waals surface area contributed by atoms with E-state index in [2.05, 4.69) is 20.3 Å². The molecule has 1 aromatic carbocycles. The van der Waals surface area contributed by atoms with E-state index in [0.29, 0.717) is 23.4 Å². The second-order valence-corrected chi connectivity index (χ2v) is 7.61. The van der Waals surface area contributed by atoms with Crippen LogP contribution in [0.4, 0.5) is 8.78 Å². The fourth-order valence-corrected chi connectivity index (χ4v) is 3.50. The average molecular weight is 470 g/mol. The van der Waals surface area contributed by atoms with Crippen LogP contribution in [-0.4, -0.2) is 36.6 Å². The van der Waals surface area contributed by atoms with Gasteiger partial charge in [0, 0.05) is 24.8 Å². The molecule has 0 fully saturated rings. The molecular formula is C20H19Cl2F2N5O2. The molecule has 7 nitrogen and oxygen atoms in total. The number of benzene rings is 1. The molecule has 0 radical (unpaired) electrons. The van der Waals surface area contributed by atoms with E-state index in [1.807, 2.05) is 13.8 Å². The van der Waals surface area contributed by atoms with Crippen LogP contribution in [0.3, 0.4) is 0 Å². The Balaban J connectivity index is 1.89. The molecule has 2 aromatic heterocycles. The van der Waals surface area contributed by atoms with Crippen molar-refractivity contribution in [2.24, 2.45) is 0 Å². The molecule has 0 saturated heterocycles. The van der Waals surface area contributed by atoms with Crippen molar-refractivity contribution in [1.82, 2.24) is 24.8 Å². The third-order valence-electron chi connectivity index (χ3n) is 4.63. The summed E-state index contributed by atoms with van der Waals surface area (Å²) in [5.41, 5.74) is 1.76. The minimum atomic E-state index is -1.20. The molecule has 164 valence electrons. The van der Waals surface area contributed by atoms with Crippen LogP contribution in [0, 0.1) is 11.6 Å². The van der Waals surface area contributed by atoms with Gasteiger partial charge in [0.15, 0.2) is 11.6 Å². The maximum Gasteiger partial charge on any atom is 0.372 e. The normalized spacial score (nSPS) is 12.2. The molecule has 0 aliphatic heterocycles. The molecule has 0 aliphatic rings. The van der Waals surface area contributed by atoms with Crippen LogP contribution in [0.25, 0.3) is 11.4 Å². The second kappa shape index (κ2) is 9.67. The Labute approximate surface area is 187 Å². The Morgan fingerprint density at radius 3 is 2.61 bits per heavy atom. The van der Waals surface area contributed by atoms with Gasteiger partial charge in [-0.05, 0) is 42.6 Å². The van der Waals surface area contributed by atoms with Gasteiger partial charge in [-0.2, -0.15) is 0 Å². The van der Waals surface area contributed by atoms with Crippen LogP contribution in [0.5, 0.6) is 0 Å². The largest absolute Gasteiger partial charge is 0.475 e. The van der Waals surface area contributed by atoms with Gasteiger partial charge >= 0.3 is 5.97 Å². The predicted molar refractivity (Wildman–Crippen MR) is 112 cm³/mol. The molecule has 1 atom stereocenters. The number of nitrogens with zero attached hydrogens (tertiary/aromatic N) is 4. The predicted octanol–water partition coefficient (Wildman–Crippen LogP) is 4.36. The highest BCUT2D eigenvalue weighted by molar-refractivity contribution is 6.33. The summed E-state index contributed by atoms with van der Waals surface area (Å²) >= 11 is 12.1. The number of carboxylic acid groups (broad SMARTS) is 1. The van der Waals surface area contributed by atoms with Crippen LogP contribution in [0.2, 0.25) is 10.3 Å². The number of carbonyl (C=O) groups is 1. The van der Waals surface area contributed by atoms with Crippen molar-refractivity contribution in [3.8, 4) is 11.4 Å². The van der Waals surface area contributed by atoms with Crippen molar-refractivity contribution in [2.75, 3.05) is 0 Å². The number of imidazole rings is 1. The first-order valence-electron chi connectivity index (χ1n) is 9.39. The van der Waals surface area contributed by atoms with Gasteiger partial charge in [0.1, 0.15) is 11.4 Å². The fourth-order valence-electron chi connectivity index (χ4n) is 3.19. The fraction of sp³-hybridized carbons (Fsp3) is 0.300. The third kappa shape index (κ3) is 5.17. The molecule has 0 bridgehead atoms. The Morgan fingerprint density at radius 1 is 1.23 bits per heavy atom. The van der Waals surface area contributed by atoms with Crippen molar-refractivity contribution in [1.29, 1.82) is 0 Å². The summed E-state index contributed by atoms with van der Waals surface area (Å²) in [6, 6.07) is 3.44. The van der Waals surface area contributed by atoms with Crippen molar-refractivity contribution >= 4 is 29.2 Å². The molecule has 0 amide bonds. The van der Waals surface area contributed by atoms with Gasteiger partial charge in [0.25, 0.3) is 0 Å². The first-order chi connectivity index (χ1) is 14.7. The molecule has 0 saturated carbocycles. The molecular weight excluding hydrogens is 451 g/mol. The molecule has 3 rings (SSSR count). The zero-order valence-corrected chi connectivity index (χ0v) is 18.2. The Hall–Kier alpha value is -2.62. The molecule has 31 heavy (non-hydrogen) atoms. The first-order valence-corrected chi connectivity index (χ1v) is 10.1. The van der Waals surface area contributed by atoms with E-state index in [-0.39, 0.29) is 41.0 Å². The highest BCUT2D eigenvalue weighted by atomic mass is 35.5. The van der Waals surface area contributed by atoms with Crippen LogP contribution in [-0.2, 0) is 19.5 Å². The standard InChI is InChI=1S/C20H19Cl2F2N5O2/c1-3-15-17(16-12(21)8-26-20(22)28-16)27-18(19(30)31)29(15)9-10(2)25-7-11-4-5-13(23)14(24)6-11/h4-6,8,10,25H,3,7,9H2,1-2H3,(H,30,31). The van der Waals surface area contributed by atoms with E-state index < -0.39 is 17.6 Å². The second-order valence-electron chi connectivity index (χ2n) is 6.87. The summed E-state index contributed by atoms with van der Waals surface area (Å²) in [7, 11) is 0. The van der Waals surface area contributed by atoms with Crippen molar-refractivity contribution in [3.05, 3.63) is 63.4 Å². The number of carboxylic acids is 1. The minimum Gasteiger partial charge on any atom is -0.475 e. The van der Waals surface area contributed by atoms with E-state index in [0.717, 1.165) is 12.1 Å². The quantitative estimate of drug-likeness (QED) is 0.476. The third-order valence-corrected chi connectivity index (χ3v) is 5.09. The van der Waals surface area contributed by atoms with Crippen molar-refractivity contribution < 1.29 is 18.7 Å². The zero-order valence-electron chi connectivity index (χ0n) is 16.7. The van der Waals surface area contributed by atoms with Gasteiger partial charge in [0.2, 0.25) is 11.1 Å². The highest BCUT2D eigenvalue weighted by Crippen LogP contribution is 2.30. The van der Waals surface area contributed by atoms with Gasteiger partial charge in [0.05, 0.1) is 11.2 Å². The van der Waals surface area contributed by atoms with E-state index in [1.54, 1.807) is 4.57 Å². The molecule has 0 spiro atoms. The smallest absolute Gasteiger partial charge is 0.372 e. The Morgan fingerprint density at radius 2 is 1.97 bits per heavy atom. The summed E-state index contributed by atoms with van der Waals surface area (Å²) in [6.45, 7) is 4.24. The molecule has 11 heteroatoms. The Bertz CT molecular complexity index is 1120. The number of rotatable bonds is 8. The number of hydrogen-bond donors (Lipinski definition) is 2. The molecule has 1 unspecified atom stereocenters. The molecule has 2 heterocycles. The number of aromatic nitrogens is 4. The topological polar surface area (TPSA) is 92.9 Å². The van der Waals surface area contributed by atoms with Crippen molar-refractivity contribution in [3.63, 3.8) is 0 Å². The number of hydrogen-bond acceptors (Lipinski definition) is 5. The van der Waals surface area contributed by atoms with Crippen LogP contribution >= 0.6 is 23.2 Å². The van der Waals surface area contributed by atoms with E-state index in [9.17, 15) is 18.7 Å². The first kappa shape index (κ1) is 23.1. The highest BCUT2D eigenvalue weighted by Gasteiger charge is 2.25. The lowest BCUT2D eigenvalue weighted by molar-refractivity contribution is 0.0677. The monoisotopic (exact) mass is 469 g/mol. The average Bonchev–Trinajstić information content (AvgIpc) is 3.08. The lowest BCUT2D eigenvalue weighted by Gasteiger charge is -2.18. The van der Waals surface area contributed by atoms with Gasteiger partial charge in [-0.3, -0.25) is 0 Å². The number of nitrogens with one attached hydrogen (secondary N) is 1. The lowest BCUT2D eigenvalue weighted by Crippen LogP contribution is -2.31. The van der Waals surface area contributed by atoms with E-state index in [4.69, 9.17) is 23.2 Å². The van der Waals surface area contributed by atoms with Crippen LogP contribution < -0.4 is 5.32 Å². The van der Waals surface area contributed by atoms with Crippen molar-refractivity contribution in [2.45, 2.75) is 39.4 Å². The minimum absolute atomic E-state index is 0.0329. The van der Waals surface area contributed by atoms with Gasteiger partial charge in [-0.25, -0.2) is 28.5 Å². The molecule has 2 N–H and O–H groups in total. The maximum atomic E-state index is 13.4. The summed E-state index contributed by atoms with van der Waals surface area (Å²) in [5, 5.41) is 13.0. The maximum absolute atomic E-state index is 13.4. The summed E-state index contributed by atoms with van der Waals surface area (Å²) in [4.78, 5) is 24.0. The van der Waals surface area contributed by atoms with E-state index in [1.165, 1.54) is 12.3 Å². The molecule has 3 aromatic rings. The molecule has 0 aliphatic carbocycles. The van der Waals surface area contributed by atoms with Crippen LogP contribution in [0.1, 0.15) is 35.7 Å². The summed E-state index contributed by atoms with van der Waals surface area (Å²) in [5.74, 6) is -3.21. The van der Waals surface area contributed by atoms with E-state index >= 15 is 0 Å². The SMILES string of the molecule is CCc1c(-c2nc(Cl)ncc2Cl)nc(C(=O)O)n1CC(C)NCc1ccc(F)c(F)c1. The van der Waals surface area contributed by atoms with Crippen LogP contribution in [0.15, 0.2) is 24.4 Å². The van der Waals surface area contributed by atoms with Gasteiger partial charge < -0.3 is 15.0 Å². The van der Waals surface area contributed by atoms with Gasteiger partial charge in [-0.1, -0.05) is 24.6 Å². The Kier molecular flexibility index (Phi) is 7.19. The number of aromatic carboxylic acids is 1.